The Hall–Kier alpha value is -0.890. The van der Waals surface area contributed by atoms with E-state index in [2.05, 4.69) is 36.6 Å². The van der Waals surface area contributed by atoms with Crippen molar-refractivity contribution >= 4 is 47.6 Å². The lowest BCUT2D eigenvalue weighted by atomic mass is 10.2. The first-order chi connectivity index (χ1) is 9.85. The Bertz CT molecular complexity index is 776. The van der Waals surface area contributed by atoms with Gasteiger partial charge < -0.3 is 5.11 Å². The largest absolute Gasteiger partial charge is 0.392 e. The van der Waals surface area contributed by atoms with Crippen molar-refractivity contribution in [3.63, 3.8) is 0 Å². The Labute approximate surface area is 140 Å². The molecule has 2 aromatic rings. The minimum absolute atomic E-state index is 0.124. The second-order valence-electron chi connectivity index (χ2n) is 4.44. The third kappa shape index (κ3) is 3.66. The molecule has 2 aromatic carbocycles. The third-order valence-electron chi connectivity index (χ3n) is 2.98. The maximum Gasteiger partial charge on any atom is 0.263 e. The summed E-state index contributed by atoms with van der Waals surface area (Å²) in [7, 11) is -3.71. The first-order valence-electron chi connectivity index (χ1n) is 6.02. The molecule has 0 aliphatic heterocycles. The smallest absolute Gasteiger partial charge is 0.263 e. The van der Waals surface area contributed by atoms with Gasteiger partial charge in [-0.25, -0.2) is 8.42 Å². The summed E-state index contributed by atoms with van der Waals surface area (Å²) in [5, 5.41) is 9.07. The third-order valence-corrected chi connectivity index (χ3v) is 6.18. The quantitative estimate of drug-likeness (QED) is 0.768. The van der Waals surface area contributed by atoms with E-state index in [9.17, 15) is 8.42 Å². The number of benzene rings is 2. The molecule has 0 atom stereocenters. The molecule has 0 aromatic heterocycles. The molecular weight excluding hydrogens is 422 g/mol. The molecule has 0 aliphatic carbocycles. The van der Waals surface area contributed by atoms with Crippen LogP contribution in [0.2, 0.25) is 0 Å². The first kappa shape index (κ1) is 16.5. The van der Waals surface area contributed by atoms with Gasteiger partial charge in [0.05, 0.1) is 12.3 Å². The molecule has 7 heteroatoms. The summed E-state index contributed by atoms with van der Waals surface area (Å²) in [5.41, 5.74) is 1.96. The molecule has 0 unspecified atom stereocenters. The van der Waals surface area contributed by atoms with Crippen LogP contribution in [0, 0.1) is 6.92 Å². The van der Waals surface area contributed by atoms with Crippen molar-refractivity contribution in [2.45, 2.75) is 18.4 Å². The minimum atomic E-state index is -3.71. The van der Waals surface area contributed by atoms with Crippen LogP contribution in [0.5, 0.6) is 0 Å². The van der Waals surface area contributed by atoms with Crippen LogP contribution < -0.4 is 4.72 Å². The van der Waals surface area contributed by atoms with E-state index in [1.807, 2.05) is 13.0 Å². The van der Waals surface area contributed by atoms with Gasteiger partial charge in [-0.3, -0.25) is 4.72 Å². The Morgan fingerprint density at radius 2 is 1.86 bits per heavy atom. The van der Waals surface area contributed by atoms with Crippen molar-refractivity contribution in [3.8, 4) is 0 Å². The SMILES string of the molecule is Cc1c(Br)cccc1NS(=O)(=O)c1ccc(CO)cc1Br. The number of nitrogens with one attached hydrogen (secondary N) is 1. The number of hydrogen-bond donors (Lipinski definition) is 2. The summed E-state index contributed by atoms with van der Waals surface area (Å²) >= 11 is 6.60. The highest BCUT2D eigenvalue weighted by Gasteiger charge is 2.19. The molecule has 0 radical (unpaired) electrons. The van der Waals surface area contributed by atoms with Crippen LogP contribution in [-0.4, -0.2) is 13.5 Å². The average molecular weight is 435 g/mol. The Morgan fingerprint density at radius 1 is 1.14 bits per heavy atom. The highest BCUT2D eigenvalue weighted by molar-refractivity contribution is 9.10. The van der Waals surface area contributed by atoms with E-state index in [0.717, 1.165) is 10.0 Å². The van der Waals surface area contributed by atoms with Gasteiger partial charge in [-0.05, 0) is 58.2 Å². The maximum absolute atomic E-state index is 12.5. The van der Waals surface area contributed by atoms with Crippen LogP contribution in [0.4, 0.5) is 5.69 Å². The molecule has 0 amide bonds. The van der Waals surface area contributed by atoms with Gasteiger partial charge in [0.25, 0.3) is 10.0 Å². The highest BCUT2D eigenvalue weighted by atomic mass is 79.9. The van der Waals surface area contributed by atoms with Crippen molar-refractivity contribution < 1.29 is 13.5 Å². The van der Waals surface area contributed by atoms with Gasteiger partial charge >= 0.3 is 0 Å². The molecule has 0 spiro atoms. The summed E-state index contributed by atoms with van der Waals surface area (Å²) in [6.07, 6.45) is 0. The molecule has 0 heterocycles. The van der Waals surface area contributed by atoms with Crippen molar-refractivity contribution in [2.24, 2.45) is 0 Å². The standard InChI is InChI=1S/C14H13Br2NO3S/c1-9-11(15)3-2-4-13(9)17-21(19,20)14-6-5-10(8-18)7-12(14)16/h2-7,17-18H,8H2,1H3. The zero-order valence-corrected chi connectivity index (χ0v) is 15.1. The molecular formula is C14H13Br2NO3S. The topological polar surface area (TPSA) is 66.4 Å². The van der Waals surface area contributed by atoms with Gasteiger partial charge in [-0.15, -0.1) is 0 Å². The van der Waals surface area contributed by atoms with Crippen molar-refractivity contribution in [1.29, 1.82) is 0 Å². The number of anilines is 1. The van der Waals surface area contributed by atoms with Gasteiger partial charge in [0, 0.05) is 8.95 Å². The van der Waals surface area contributed by atoms with Crippen LogP contribution in [0.15, 0.2) is 50.2 Å². The predicted molar refractivity (Wildman–Crippen MR) is 89.8 cm³/mol. The second-order valence-corrected chi connectivity index (χ2v) is 7.80. The van der Waals surface area contributed by atoms with Gasteiger partial charge in [0.2, 0.25) is 0 Å². The molecule has 2 N–H and O–H groups in total. The molecule has 0 saturated carbocycles. The summed E-state index contributed by atoms with van der Waals surface area (Å²) in [6, 6.07) is 9.94. The lowest BCUT2D eigenvalue weighted by molar-refractivity contribution is 0.281. The van der Waals surface area contributed by atoms with Gasteiger partial charge in [0.15, 0.2) is 0 Å². The van der Waals surface area contributed by atoms with E-state index >= 15 is 0 Å². The summed E-state index contributed by atoms with van der Waals surface area (Å²) < 4.78 is 28.7. The fourth-order valence-electron chi connectivity index (χ4n) is 1.78. The molecule has 0 fully saturated rings. The second kappa shape index (κ2) is 6.48. The lowest BCUT2D eigenvalue weighted by Gasteiger charge is -2.13. The molecule has 2 rings (SSSR count). The number of aliphatic hydroxyl groups is 1. The fraction of sp³-hybridized carbons (Fsp3) is 0.143. The van der Waals surface area contributed by atoms with Gasteiger partial charge in [0.1, 0.15) is 4.90 Å². The summed E-state index contributed by atoms with van der Waals surface area (Å²) in [5.74, 6) is 0. The van der Waals surface area contributed by atoms with Gasteiger partial charge in [-0.1, -0.05) is 28.1 Å². The lowest BCUT2D eigenvalue weighted by Crippen LogP contribution is -2.14. The summed E-state index contributed by atoms with van der Waals surface area (Å²) in [6.45, 7) is 1.68. The number of hydrogen-bond acceptors (Lipinski definition) is 3. The van der Waals surface area contributed by atoms with Crippen LogP contribution in [-0.2, 0) is 16.6 Å². The zero-order valence-electron chi connectivity index (χ0n) is 11.1. The number of rotatable bonds is 4. The van der Waals surface area contributed by atoms with Crippen molar-refractivity contribution in [2.75, 3.05) is 4.72 Å². The van der Waals surface area contributed by atoms with E-state index in [4.69, 9.17) is 5.11 Å². The zero-order chi connectivity index (χ0) is 15.6. The average Bonchev–Trinajstić information content (AvgIpc) is 2.43. The molecule has 112 valence electrons. The normalized spacial score (nSPS) is 11.4. The fourth-order valence-corrected chi connectivity index (χ4v) is 4.39. The maximum atomic E-state index is 12.5. The number of halogens is 2. The van der Waals surface area contributed by atoms with Crippen molar-refractivity contribution in [3.05, 3.63) is 56.5 Å². The van der Waals surface area contributed by atoms with Crippen LogP contribution in [0.25, 0.3) is 0 Å². The van der Waals surface area contributed by atoms with E-state index in [-0.39, 0.29) is 11.5 Å². The molecule has 21 heavy (non-hydrogen) atoms. The Balaban J connectivity index is 2.41. The Morgan fingerprint density at radius 3 is 2.48 bits per heavy atom. The van der Waals surface area contributed by atoms with E-state index < -0.39 is 10.0 Å². The van der Waals surface area contributed by atoms with E-state index in [0.29, 0.717) is 15.7 Å². The molecule has 0 aliphatic rings. The van der Waals surface area contributed by atoms with E-state index in [1.54, 1.807) is 24.3 Å². The first-order valence-corrected chi connectivity index (χ1v) is 9.09. The predicted octanol–water partition coefficient (Wildman–Crippen LogP) is 3.81. The number of aliphatic hydroxyl groups excluding tert-OH is 1. The molecule has 0 bridgehead atoms. The highest BCUT2D eigenvalue weighted by Crippen LogP contribution is 2.29. The Kier molecular flexibility index (Phi) is 5.08. The molecule has 4 nitrogen and oxygen atoms in total. The van der Waals surface area contributed by atoms with Crippen LogP contribution >= 0.6 is 31.9 Å². The minimum Gasteiger partial charge on any atom is -0.392 e. The van der Waals surface area contributed by atoms with Crippen LogP contribution in [0.3, 0.4) is 0 Å². The van der Waals surface area contributed by atoms with E-state index in [1.165, 1.54) is 6.07 Å². The van der Waals surface area contributed by atoms with Crippen LogP contribution in [0.1, 0.15) is 11.1 Å². The molecule has 0 saturated heterocycles. The number of sulfonamides is 1. The van der Waals surface area contributed by atoms with Crippen molar-refractivity contribution in [1.82, 2.24) is 0 Å². The summed E-state index contributed by atoms with van der Waals surface area (Å²) in [4.78, 5) is 0.124. The van der Waals surface area contributed by atoms with Gasteiger partial charge in [-0.2, -0.15) is 0 Å². The monoisotopic (exact) mass is 433 g/mol.